The van der Waals surface area contributed by atoms with Gasteiger partial charge in [-0.2, -0.15) is 0 Å². The molecule has 1 saturated heterocycles. The van der Waals surface area contributed by atoms with Gasteiger partial charge in [0.25, 0.3) is 0 Å². The van der Waals surface area contributed by atoms with Crippen LogP contribution in [0.5, 0.6) is 0 Å². The van der Waals surface area contributed by atoms with Crippen LogP contribution in [0.4, 0.5) is 4.39 Å². The number of halogens is 1. The van der Waals surface area contributed by atoms with E-state index in [0.717, 1.165) is 24.9 Å². The number of amides is 1. The van der Waals surface area contributed by atoms with E-state index in [1.165, 1.54) is 18.6 Å². The maximum atomic E-state index is 12.8. The molecule has 1 aliphatic rings. The van der Waals surface area contributed by atoms with Gasteiger partial charge in [0.15, 0.2) is 0 Å². The van der Waals surface area contributed by atoms with Crippen molar-refractivity contribution >= 4 is 5.91 Å². The number of rotatable bonds is 6. The number of benzene rings is 1. The zero-order chi connectivity index (χ0) is 15.1. The number of carbonyl (C=O) groups excluding carboxylic acids is 1. The highest BCUT2D eigenvalue weighted by Crippen LogP contribution is 2.15. The Morgan fingerprint density at radius 3 is 2.81 bits per heavy atom. The number of likely N-dealkylation sites (tertiary alicyclic amines) is 1. The van der Waals surface area contributed by atoms with E-state index in [-0.39, 0.29) is 11.7 Å². The van der Waals surface area contributed by atoms with Crippen LogP contribution in [-0.2, 0) is 11.2 Å². The van der Waals surface area contributed by atoms with Crippen LogP contribution in [0.1, 0.15) is 24.8 Å². The van der Waals surface area contributed by atoms with Crippen molar-refractivity contribution in [1.29, 1.82) is 0 Å². The third-order valence-corrected chi connectivity index (χ3v) is 4.02. The van der Waals surface area contributed by atoms with Crippen LogP contribution in [-0.4, -0.2) is 43.0 Å². The summed E-state index contributed by atoms with van der Waals surface area (Å²) in [5.41, 5.74) is 6.78. The summed E-state index contributed by atoms with van der Waals surface area (Å²) >= 11 is 0. The zero-order valence-corrected chi connectivity index (χ0v) is 12.4. The minimum atomic E-state index is -0.235. The van der Waals surface area contributed by atoms with E-state index in [0.29, 0.717) is 32.1 Å². The van der Waals surface area contributed by atoms with Crippen molar-refractivity contribution in [2.45, 2.75) is 31.7 Å². The third-order valence-electron chi connectivity index (χ3n) is 4.02. The van der Waals surface area contributed by atoms with Gasteiger partial charge < -0.3 is 11.1 Å². The molecule has 5 heteroatoms. The lowest BCUT2D eigenvalue weighted by Crippen LogP contribution is -2.48. The molecule has 1 amide bonds. The summed E-state index contributed by atoms with van der Waals surface area (Å²) in [5.74, 6) is -0.196. The average molecular weight is 293 g/mol. The molecule has 3 N–H and O–H groups in total. The minimum absolute atomic E-state index is 0.0393. The Morgan fingerprint density at radius 1 is 1.33 bits per heavy atom. The van der Waals surface area contributed by atoms with Crippen LogP contribution in [0.2, 0.25) is 0 Å². The van der Waals surface area contributed by atoms with Crippen molar-refractivity contribution in [3.8, 4) is 0 Å². The van der Waals surface area contributed by atoms with Gasteiger partial charge in [0.2, 0.25) is 5.91 Å². The number of carbonyl (C=O) groups is 1. The van der Waals surface area contributed by atoms with Crippen molar-refractivity contribution in [1.82, 2.24) is 10.2 Å². The molecule has 116 valence electrons. The van der Waals surface area contributed by atoms with Gasteiger partial charge in [0.1, 0.15) is 5.82 Å². The Bertz CT molecular complexity index is 449. The quantitative estimate of drug-likeness (QED) is 0.831. The molecule has 1 aliphatic heterocycles. The highest BCUT2D eigenvalue weighted by atomic mass is 19.1. The number of nitrogens with two attached hydrogens (primary N) is 1. The lowest BCUT2D eigenvalue weighted by molar-refractivity contribution is -0.123. The molecule has 0 aliphatic carbocycles. The summed E-state index contributed by atoms with van der Waals surface area (Å²) in [6.07, 6.45) is 4.13. The monoisotopic (exact) mass is 293 g/mol. The molecule has 1 heterocycles. The topological polar surface area (TPSA) is 58.4 Å². The fourth-order valence-corrected chi connectivity index (χ4v) is 2.77. The predicted molar refractivity (Wildman–Crippen MR) is 81.4 cm³/mol. The molecule has 1 unspecified atom stereocenters. The molecule has 4 nitrogen and oxygen atoms in total. The van der Waals surface area contributed by atoms with Gasteiger partial charge >= 0.3 is 0 Å². The fourth-order valence-electron chi connectivity index (χ4n) is 2.77. The smallest absolute Gasteiger partial charge is 0.234 e. The van der Waals surface area contributed by atoms with E-state index in [1.807, 2.05) is 0 Å². The summed E-state index contributed by atoms with van der Waals surface area (Å²) in [5, 5.41) is 2.92. The summed E-state index contributed by atoms with van der Waals surface area (Å²) in [4.78, 5) is 14.1. The van der Waals surface area contributed by atoms with Crippen molar-refractivity contribution in [3.05, 3.63) is 35.6 Å². The number of nitrogens with zero attached hydrogens (tertiary/aromatic N) is 1. The summed E-state index contributed by atoms with van der Waals surface area (Å²) in [7, 11) is 0. The first kappa shape index (κ1) is 15.9. The first-order valence-corrected chi connectivity index (χ1v) is 7.64. The van der Waals surface area contributed by atoms with Crippen molar-refractivity contribution in [2.24, 2.45) is 5.73 Å². The van der Waals surface area contributed by atoms with Gasteiger partial charge in [-0.05, 0) is 43.5 Å². The second-order valence-electron chi connectivity index (χ2n) is 5.58. The third kappa shape index (κ3) is 5.10. The largest absolute Gasteiger partial charge is 0.355 e. The summed E-state index contributed by atoms with van der Waals surface area (Å²) in [6, 6.07) is 6.71. The van der Waals surface area contributed by atoms with Crippen molar-refractivity contribution < 1.29 is 9.18 Å². The second-order valence-corrected chi connectivity index (χ2v) is 5.58. The lowest BCUT2D eigenvalue weighted by Gasteiger charge is -2.34. The standard InChI is InChI=1S/C16H24FN3O/c17-14-6-4-13(5-7-14)8-9-19-16(21)12-20-10-2-1-3-15(20)11-18/h4-7,15H,1-3,8-12,18H2,(H,19,21). The summed E-state index contributed by atoms with van der Waals surface area (Å²) < 4.78 is 12.8. The Balaban J connectivity index is 1.70. The molecule has 1 aromatic carbocycles. The average Bonchev–Trinajstić information content (AvgIpc) is 2.50. The van der Waals surface area contributed by atoms with Crippen LogP contribution >= 0.6 is 0 Å². The molecular weight excluding hydrogens is 269 g/mol. The van der Waals surface area contributed by atoms with Crippen LogP contribution in [0.15, 0.2) is 24.3 Å². The first-order chi connectivity index (χ1) is 10.2. The van der Waals surface area contributed by atoms with Crippen LogP contribution in [0.3, 0.4) is 0 Å². The van der Waals surface area contributed by atoms with E-state index in [4.69, 9.17) is 5.73 Å². The van der Waals surface area contributed by atoms with E-state index in [1.54, 1.807) is 12.1 Å². The molecule has 0 bridgehead atoms. The maximum Gasteiger partial charge on any atom is 0.234 e. The lowest BCUT2D eigenvalue weighted by atomic mass is 10.0. The van der Waals surface area contributed by atoms with E-state index in [2.05, 4.69) is 10.2 Å². The Kier molecular flexibility index (Phi) is 6.14. The van der Waals surface area contributed by atoms with Crippen LogP contribution < -0.4 is 11.1 Å². The molecule has 2 rings (SSSR count). The van der Waals surface area contributed by atoms with Crippen molar-refractivity contribution in [3.63, 3.8) is 0 Å². The molecule has 1 atom stereocenters. The van der Waals surface area contributed by atoms with E-state index in [9.17, 15) is 9.18 Å². The van der Waals surface area contributed by atoms with Gasteiger partial charge in [-0.3, -0.25) is 9.69 Å². The van der Waals surface area contributed by atoms with Crippen LogP contribution in [0, 0.1) is 5.82 Å². The van der Waals surface area contributed by atoms with E-state index < -0.39 is 0 Å². The maximum absolute atomic E-state index is 12.8. The Labute approximate surface area is 125 Å². The molecule has 0 spiro atoms. The fraction of sp³-hybridized carbons (Fsp3) is 0.562. The molecule has 0 radical (unpaired) electrons. The molecule has 0 saturated carbocycles. The highest BCUT2D eigenvalue weighted by molar-refractivity contribution is 5.78. The summed E-state index contributed by atoms with van der Waals surface area (Å²) in [6.45, 7) is 2.56. The minimum Gasteiger partial charge on any atom is -0.355 e. The normalized spacial score (nSPS) is 19.4. The SMILES string of the molecule is NCC1CCCCN1CC(=O)NCCc1ccc(F)cc1. The molecule has 21 heavy (non-hydrogen) atoms. The number of nitrogens with one attached hydrogen (secondary N) is 1. The Hall–Kier alpha value is -1.46. The van der Waals surface area contributed by atoms with Crippen molar-refractivity contribution in [2.75, 3.05) is 26.2 Å². The van der Waals surface area contributed by atoms with Gasteiger partial charge in [-0.25, -0.2) is 4.39 Å². The first-order valence-electron chi connectivity index (χ1n) is 7.64. The van der Waals surface area contributed by atoms with Gasteiger partial charge in [0, 0.05) is 19.1 Å². The molecule has 1 aromatic rings. The van der Waals surface area contributed by atoms with Gasteiger partial charge in [-0.1, -0.05) is 18.6 Å². The zero-order valence-electron chi connectivity index (χ0n) is 12.4. The van der Waals surface area contributed by atoms with E-state index >= 15 is 0 Å². The number of hydrogen-bond donors (Lipinski definition) is 2. The van der Waals surface area contributed by atoms with Gasteiger partial charge in [-0.15, -0.1) is 0 Å². The predicted octanol–water partition coefficient (Wildman–Crippen LogP) is 1.30. The second kappa shape index (κ2) is 8.10. The number of hydrogen-bond acceptors (Lipinski definition) is 3. The van der Waals surface area contributed by atoms with Crippen LogP contribution in [0.25, 0.3) is 0 Å². The molecule has 1 fully saturated rings. The molecule has 0 aromatic heterocycles. The van der Waals surface area contributed by atoms with Gasteiger partial charge in [0.05, 0.1) is 6.54 Å². The Morgan fingerprint density at radius 2 is 2.10 bits per heavy atom. The number of piperidine rings is 1. The molecular formula is C16H24FN3O. The highest BCUT2D eigenvalue weighted by Gasteiger charge is 2.22.